The molecule has 1 saturated carbocycles. The van der Waals surface area contributed by atoms with Crippen LogP contribution in [0.15, 0.2) is 12.4 Å². The van der Waals surface area contributed by atoms with Crippen molar-refractivity contribution < 1.29 is 22.7 Å². The first-order chi connectivity index (χ1) is 15.8. The highest BCUT2D eigenvalue weighted by molar-refractivity contribution is 7.06. The van der Waals surface area contributed by atoms with Crippen LogP contribution in [-0.2, 0) is 10.9 Å². The largest absolute Gasteiger partial charge is 0.433 e. The average Bonchev–Trinajstić information content (AvgIpc) is 3.54. The predicted octanol–water partition coefficient (Wildman–Crippen LogP) is 3.42. The van der Waals surface area contributed by atoms with E-state index in [1.54, 1.807) is 0 Å². The van der Waals surface area contributed by atoms with Gasteiger partial charge in [-0.2, -0.15) is 13.2 Å². The molecule has 3 fully saturated rings. The van der Waals surface area contributed by atoms with Gasteiger partial charge in [0.2, 0.25) is 0 Å². The summed E-state index contributed by atoms with van der Waals surface area (Å²) in [4.78, 5) is 22.7. The monoisotopic (exact) mass is 482 g/mol. The first-order valence-electron chi connectivity index (χ1n) is 11.2. The summed E-state index contributed by atoms with van der Waals surface area (Å²) < 4.78 is 48.9. The number of anilines is 1. The van der Waals surface area contributed by atoms with Crippen LogP contribution >= 0.6 is 11.5 Å². The molecule has 12 heteroatoms. The molecule has 2 aromatic heterocycles. The van der Waals surface area contributed by atoms with Gasteiger partial charge in [-0.3, -0.25) is 4.79 Å². The van der Waals surface area contributed by atoms with E-state index in [2.05, 4.69) is 24.9 Å². The van der Waals surface area contributed by atoms with Gasteiger partial charge in [0.05, 0.1) is 17.6 Å². The lowest BCUT2D eigenvalue weighted by Crippen LogP contribution is -2.48. The Morgan fingerprint density at radius 1 is 1.21 bits per heavy atom. The Balaban J connectivity index is 1.10. The van der Waals surface area contributed by atoms with Crippen molar-refractivity contribution in [2.75, 3.05) is 31.1 Å². The second-order valence-corrected chi connectivity index (χ2v) is 9.97. The molecule has 2 saturated heterocycles. The number of hydrogen-bond acceptors (Lipinski definition) is 8. The number of hydrogen-bond donors (Lipinski definition) is 1. The van der Waals surface area contributed by atoms with Gasteiger partial charge in [-0.1, -0.05) is 4.49 Å². The number of halogens is 3. The quantitative estimate of drug-likeness (QED) is 0.698. The van der Waals surface area contributed by atoms with Gasteiger partial charge in [0, 0.05) is 25.7 Å². The SMILES string of the molecule is O=C(NCC1CCC2(CCN(c3cc(C(F)(F)F)ncn3)CC2)CO1)c1nnsc1C1CC1. The zero-order valence-electron chi connectivity index (χ0n) is 18.0. The molecule has 4 heterocycles. The van der Waals surface area contributed by atoms with Gasteiger partial charge in [0.1, 0.15) is 17.8 Å². The van der Waals surface area contributed by atoms with Gasteiger partial charge in [-0.15, -0.1) is 5.10 Å². The third-order valence-electron chi connectivity index (χ3n) is 6.88. The number of aromatic nitrogens is 4. The van der Waals surface area contributed by atoms with Crippen molar-refractivity contribution in [3.63, 3.8) is 0 Å². The summed E-state index contributed by atoms with van der Waals surface area (Å²) in [5.74, 6) is 0.558. The molecule has 33 heavy (non-hydrogen) atoms. The summed E-state index contributed by atoms with van der Waals surface area (Å²) >= 11 is 1.30. The van der Waals surface area contributed by atoms with Crippen LogP contribution in [0.2, 0.25) is 0 Å². The van der Waals surface area contributed by atoms with Crippen LogP contribution in [0.4, 0.5) is 19.0 Å². The molecule has 0 radical (unpaired) electrons. The fourth-order valence-electron chi connectivity index (χ4n) is 4.62. The van der Waals surface area contributed by atoms with Gasteiger partial charge in [0.15, 0.2) is 5.69 Å². The molecule has 1 unspecified atom stereocenters. The summed E-state index contributed by atoms with van der Waals surface area (Å²) in [6.45, 7) is 2.27. The number of nitrogens with one attached hydrogen (secondary N) is 1. The predicted molar refractivity (Wildman–Crippen MR) is 114 cm³/mol. The molecule has 8 nitrogen and oxygen atoms in total. The Morgan fingerprint density at radius 2 is 2.00 bits per heavy atom. The third-order valence-corrected chi connectivity index (χ3v) is 7.77. The molecule has 1 amide bonds. The molecule has 2 aromatic rings. The highest BCUT2D eigenvalue weighted by Crippen LogP contribution is 2.43. The number of alkyl halides is 3. The topological polar surface area (TPSA) is 93.1 Å². The molecule has 5 rings (SSSR count). The number of piperidine rings is 1. The highest BCUT2D eigenvalue weighted by Gasteiger charge is 2.40. The minimum absolute atomic E-state index is 0.0227. The summed E-state index contributed by atoms with van der Waals surface area (Å²) in [5.41, 5.74) is -0.452. The van der Waals surface area contributed by atoms with Crippen LogP contribution in [0.5, 0.6) is 0 Å². The minimum atomic E-state index is -4.48. The lowest BCUT2D eigenvalue weighted by atomic mass is 9.73. The van der Waals surface area contributed by atoms with Crippen LogP contribution in [-0.4, -0.2) is 57.8 Å². The van der Waals surface area contributed by atoms with Crippen LogP contribution < -0.4 is 10.2 Å². The van der Waals surface area contributed by atoms with Gasteiger partial charge in [-0.05, 0) is 61.4 Å². The molecule has 1 N–H and O–H groups in total. The van der Waals surface area contributed by atoms with E-state index in [-0.39, 0.29) is 17.4 Å². The van der Waals surface area contributed by atoms with E-state index in [0.29, 0.717) is 43.7 Å². The van der Waals surface area contributed by atoms with Gasteiger partial charge in [0.25, 0.3) is 5.91 Å². The van der Waals surface area contributed by atoms with E-state index < -0.39 is 11.9 Å². The maximum Gasteiger partial charge on any atom is 0.433 e. The normalized spacial score (nSPS) is 23.0. The summed E-state index contributed by atoms with van der Waals surface area (Å²) in [6.07, 6.45) is 2.07. The lowest BCUT2D eigenvalue weighted by Gasteiger charge is -2.46. The van der Waals surface area contributed by atoms with Crippen LogP contribution in [0.25, 0.3) is 0 Å². The van der Waals surface area contributed by atoms with E-state index in [9.17, 15) is 18.0 Å². The first kappa shape index (κ1) is 22.5. The maximum absolute atomic E-state index is 13.0. The Hall–Kier alpha value is -2.34. The molecule has 2 aliphatic heterocycles. The number of carbonyl (C=O) groups excluding carboxylic acids is 1. The molecular formula is C21H25F3N6O2S. The molecule has 178 valence electrons. The van der Waals surface area contributed by atoms with Crippen LogP contribution in [0, 0.1) is 5.41 Å². The van der Waals surface area contributed by atoms with Crippen LogP contribution in [0.1, 0.15) is 65.5 Å². The summed E-state index contributed by atoms with van der Waals surface area (Å²) in [7, 11) is 0. The molecule has 0 bridgehead atoms. The second-order valence-electron chi connectivity index (χ2n) is 9.19. The fraction of sp³-hybridized carbons (Fsp3) is 0.667. The van der Waals surface area contributed by atoms with Crippen molar-refractivity contribution in [1.29, 1.82) is 0 Å². The Morgan fingerprint density at radius 3 is 2.67 bits per heavy atom. The second kappa shape index (κ2) is 8.79. The van der Waals surface area contributed by atoms with E-state index in [1.807, 2.05) is 4.90 Å². The molecular weight excluding hydrogens is 457 g/mol. The first-order valence-corrected chi connectivity index (χ1v) is 12.0. The smallest absolute Gasteiger partial charge is 0.376 e. The Kier molecular flexibility index (Phi) is 5.98. The van der Waals surface area contributed by atoms with E-state index in [1.165, 1.54) is 11.5 Å². The van der Waals surface area contributed by atoms with E-state index >= 15 is 0 Å². The number of rotatable bonds is 5. The number of amides is 1. The van der Waals surface area contributed by atoms with Crippen molar-refractivity contribution in [3.05, 3.63) is 28.7 Å². The third kappa shape index (κ3) is 4.96. The zero-order valence-corrected chi connectivity index (χ0v) is 18.8. The van der Waals surface area contributed by atoms with Crippen molar-refractivity contribution >= 4 is 23.3 Å². The molecule has 3 aliphatic rings. The van der Waals surface area contributed by atoms with Gasteiger partial charge < -0.3 is 15.0 Å². The van der Waals surface area contributed by atoms with Gasteiger partial charge >= 0.3 is 6.18 Å². The molecule has 0 aromatic carbocycles. The number of carbonyl (C=O) groups is 1. The number of ether oxygens (including phenoxy) is 1. The average molecular weight is 483 g/mol. The molecule has 1 aliphatic carbocycles. The Bertz CT molecular complexity index is 994. The summed E-state index contributed by atoms with van der Waals surface area (Å²) in [6, 6.07) is 1.01. The summed E-state index contributed by atoms with van der Waals surface area (Å²) in [5, 5.41) is 6.94. The standard InChI is InChI=1S/C21H25F3N6O2S/c22-21(23,24)15-9-16(27-12-26-15)30-7-5-20(6-8-30)4-3-14(32-11-20)10-25-19(31)17-18(13-1-2-13)33-29-28-17/h9,12-14H,1-8,10-11H2,(H,25,31). The van der Waals surface area contributed by atoms with Crippen molar-refractivity contribution in [2.24, 2.45) is 5.41 Å². The maximum atomic E-state index is 13.0. The van der Waals surface area contributed by atoms with E-state index in [0.717, 1.165) is 55.8 Å². The highest BCUT2D eigenvalue weighted by atomic mass is 32.1. The molecule has 1 spiro atoms. The molecule has 1 atom stereocenters. The fourth-order valence-corrected chi connectivity index (χ4v) is 5.43. The zero-order chi connectivity index (χ0) is 23.1. The van der Waals surface area contributed by atoms with Crippen LogP contribution in [0.3, 0.4) is 0 Å². The van der Waals surface area contributed by atoms with Crippen molar-refractivity contribution in [3.8, 4) is 0 Å². The van der Waals surface area contributed by atoms with Crippen molar-refractivity contribution in [1.82, 2.24) is 24.9 Å². The van der Waals surface area contributed by atoms with Crippen molar-refractivity contribution in [2.45, 2.75) is 56.7 Å². The Labute approximate surface area is 193 Å². The van der Waals surface area contributed by atoms with Gasteiger partial charge in [-0.25, -0.2) is 9.97 Å². The lowest BCUT2D eigenvalue weighted by molar-refractivity contribution is -0.141. The van der Waals surface area contributed by atoms with E-state index in [4.69, 9.17) is 4.74 Å². The number of nitrogens with zero attached hydrogens (tertiary/aromatic N) is 5. The minimum Gasteiger partial charge on any atom is -0.376 e.